The van der Waals surface area contributed by atoms with Crippen molar-refractivity contribution in [1.82, 2.24) is 0 Å². The predicted molar refractivity (Wildman–Crippen MR) is 241 cm³/mol. The molecule has 4 aromatic carbocycles. The van der Waals surface area contributed by atoms with E-state index >= 15 is 0 Å². The van der Waals surface area contributed by atoms with E-state index in [0.29, 0.717) is 77.9 Å². The molecule has 0 atom stereocenters. The van der Waals surface area contributed by atoms with Crippen molar-refractivity contribution in [3.8, 4) is 156 Å². The van der Waals surface area contributed by atoms with Gasteiger partial charge in [0.1, 0.15) is 0 Å². The molecule has 0 radical (unpaired) electrons. The molecule has 0 spiro atoms. The fourth-order valence-electron chi connectivity index (χ4n) is 5.44. The largest absolute Gasteiger partial charge is 0.124 e. The highest BCUT2D eigenvalue weighted by Crippen LogP contribution is 2.40. The van der Waals surface area contributed by atoms with Gasteiger partial charge in [0, 0.05) is 77.9 Å². The van der Waals surface area contributed by atoms with Gasteiger partial charge >= 0.3 is 0 Å². The summed E-state index contributed by atoms with van der Waals surface area (Å²) in [5.74, 6) is 47.4. The van der Waals surface area contributed by atoms with Crippen LogP contribution in [-0.2, 0) is 0 Å². The fourth-order valence-corrected chi connectivity index (χ4v) is 7.53. The molecule has 2 heterocycles. The quantitative estimate of drug-likeness (QED) is 0.147. The normalized spacial score (nSPS) is 9.03. The van der Waals surface area contributed by atoms with Gasteiger partial charge in [0.05, 0.1) is 19.5 Å². The third kappa shape index (κ3) is 9.37. The van der Waals surface area contributed by atoms with Crippen molar-refractivity contribution < 1.29 is 0 Å². The second-order valence-electron chi connectivity index (χ2n) is 12.1. The van der Waals surface area contributed by atoms with Crippen LogP contribution < -0.4 is 0 Å². The van der Waals surface area contributed by atoms with Gasteiger partial charge in [0.25, 0.3) is 0 Å². The van der Waals surface area contributed by atoms with E-state index in [1.54, 1.807) is 24.3 Å². The topological polar surface area (TPSA) is 0 Å². The monoisotopic (exact) mass is 758 g/mol. The Morgan fingerprint density at radius 2 is 0.448 bits per heavy atom. The van der Waals surface area contributed by atoms with E-state index in [4.69, 9.17) is 51.4 Å². The first kappa shape index (κ1) is 38.7. The number of thiophene rings is 2. The summed E-state index contributed by atoms with van der Waals surface area (Å²) in [6.45, 7) is 0. The first-order valence-electron chi connectivity index (χ1n) is 17.0. The summed E-state index contributed by atoms with van der Waals surface area (Å²) in [5, 5.41) is 0. The molecular weight excluding hydrogens is 737 g/mol. The Hall–Kier alpha value is -9.00. The summed E-state index contributed by atoms with van der Waals surface area (Å²) in [6, 6.07) is 25.4. The predicted octanol–water partition coefficient (Wildman–Crippen LogP) is 8.93. The summed E-state index contributed by atoms with van der Waals surface area (Å²) in [5.41, 5.74) is 9.15. The van der Waals surface area contributed by atoms with Crippen LogP contribution in [0.15, 0.2) is 84.9 Å². The molecule has 0 saturated heterocycles. The number of terminal acetylenes is 8. The van der Waals surface area contributed by atoms with Crippen LogP contribution in [0.4, 0.5) is 0 Å². The number of hydrogen-bond donors (Lipinski definition) is 0. The lowest BCUT2D eigenvalue weighted by molar-refractivity contribution is 1.56. The van der Waals surface area contributed by atoms with E-state index in [1.807, 2.05) is 60.7 Å². The maximum atomic E-state index is 5.72. The number of hydrogen-bond acceptors (Lipinski definition) is 2. The van der Waals surface area contributed by atoms with Crippen LogP contribution in [0.25, 0.3) is 9.75 Å². The van der Waals surface area contributed by atoms with Crippen LogP contribution in [0.2, 0.25) is 0 Å². The lowest BCUT2D eigenvalue weighted by Crippen LogP contribution is -1.84. The van der Waals surface area contributed by atoms with E-state index < -0.39 is 0 Å². The van der Waals surface area contributed by atoms with E-state index in [0.717, 1.165) is 19.5 Å². The van der Waals surface area contributed by atoms with Gasteiger partial charge in [-0.05, 0) is 84.9 Å². The molecule has 0 unspecified atom stereocenters. The standard InChI is InChI=1S/C56H22S2/c1-9-39-25-40(10-2)30-47(29-39)17-21-51-37-53(23-19-49-33-43(13-5)27-44(14-6)34-49)57-55(51)56-52(22-18-48-31-41(11-3)26-42(12-4)32-48)38-54(58-56)24-20-50-35-45(15-7)28-46(16-8)36-50/h1-8,25-38H. The molecule has 0 amide bonds. The number of benzene rings is 4. The van der Waals surface area contributed by atoms with Crippen LogP contribution in [0, 0.1) is 146 Å². The maximum absolute atomic E-state index is 5.72. The van der Waals surface area contributed by atoms with E-state index in [9.17, 15) is 0 Å². The van der Waals surface area contributed by atoms with Crippen LogP contribution >= 0.6 is 22.7 Å². The molecule has 0 nitrogen and oxygen atoms in total. The van der Waals surface area contributed by atoms with Gasteiger partial charge in [-0.2, -0.15) is 0 Å². The van der Waals surface area contributed by atoms with E-state index in [-0.39, 0.29) is 0 Å². The zero-order valence-corrected chi connectivity index (χ0v) is 32.2. The van der Waals surface area contributed by atoms with Gasteiger partial charge in [-0.15, -0.1) is 74.1 Å². The molecule has 0 fully saturated rings. The minimum Gasteiger partial charge on any atom is -0.124 e. The molecule has 2 heteroatoms. The summed E-state index contributed by atoms with van der Waals surface area (Å²) in [6.07, 6.45) is 45.6. The average Bonchev–Trinajstić information content (AvgIpc) is 3.88. The highest BCUT2D eigenvalue weighted by atomic mass is 32.1. The Bertz CT molecular complexity index is 2980. The van der Waals surface area contributed by atoms with Crippen molar-refractivity contribution in [3.63, 3.8) is 0 Å². The molecule has 0 aliphatic carbocycles. The van der Waals surface area contributed by atoms with Gasteiger partial charge in [0.15, 0.2) is 0 Å². The Morgan fingerprint density at radius 1 is 0.241 bits per heavy atom. The third-order valence-corrected chi connectivity index (χ3v) is 10.3. The van der Waals surface area contributed by atoms with Crippen LogP contribution in [0.3, 0.4) is 0 Å². The maximum Gasteiger partial charge on any atom is 0.0792 e. The smallest absolute Gasteiger partial charge is 0.0792 e. The van der Waals surface area contributed by atoms with Crippen molar-refractivity contribution in [2.75, 3.05) is 0 Å². The Balaban J connectivity index is 1.57. The second kappa shape index (κ2) is 17.9. The lowest BCUT2D eigenvalue weighted by Gasteiger charge is -1.99. The first-order valence-corrected chi connectivity index (χ1v) is 18.6. The molecule has 258 valence electrons. The van der Waals surface area contributed by atoms with Gasteiger partial charge in [0.2, 0.25) is 0 Å². The molecule has 58 heavy (non-hydrogen) atoms. The Kier molecular flexibility index (Phi) is 11.9. The fraction of sp³-hybridized carbons (Fsp3) is 0. The molecule has 2 aromatic heterocycles. The van der Waals surface area contributed by atoms with Crippen molar-refractivity contribution in [1.29, 1.82) is 0 Å². The van der Waals surface area contributed by atoms with Crippen LogP contribution in [0.5, 0.6) is 0 Å². The molecular formula is C56H22S2. The Labute approximate surface area is 349 Å². The molecule has 0 aliphatic heterocycles. The summed E-state index contributed by atoms with van der Waals surface area (Å²) in [7, 11) is 0. The summed E-state index contributed by atoms with van der Waals surface area (Å²) >= 11 is 2.93. The van der Waals surface area contributed by atoms with Gasteiger partial charge in [-0.25, -0.2) is 0 Å². The highest BCUT2D eigenvalue weighted by molar-refractivity contribution is 7.23. The first-order chi connectivity index (χ1) is 28.3. The van der Waals surface area contributed by atoms with Crippen LogP contribution in [-0.4, -0.2) is 0 Å². The minimum atomic E-state index is 0.625. The molecule has 6 rings (SSSR count). The number of rotatable bonds is 1. The van der Waals surface area contributed by atoms with Crippen LogP contribution in [0.1, 0.15) is 87.6 Å². The van der Waals surface area contributed by atoms with Crippen molar-refractivity contribution in [2.45, 2.75) is 0 Å². The van der Waals surface area contributed by atoms with Crippen molar-refractivity contribution in [3.05, 3.63) is 173 Å². The zero-order valence-electron chi connectivity index (χ0n) is 30.5. The van der Waals surface area contributed by atoms with E-state index in [1.165, 1.54) is 22.7 Å². The SMILES string of the molecule is C#Cc1cc(C#C)cc(C#Cc2cc(C#Cc3cc(C#C)cc(C#C)c3)c(-c3sc(C#Cc4cc(C#C)cc(C#C)c4)cc3C#Cc3cc(C#C)cc(C#C)c3)s2)c1. The summed E-state index contributed by atoms with van der Waals surface area (Å²) < 4.78 is 0. The second-order valence-corrected chi connectivity index (χ2v) is 14.2. The minimum absolute atomic E-state index is 0.625. The van der Waals surface area contributed by atoms with E-state index in [2.05, 4.69) is 94.7 Å². The third-order valence-electron chi connectivity index (χ3n) is 8.08. The zero-order chi connectivity index (χ0) is 41.0. The molecule has 0 saturated carbocycles. The molecule has 0 N–H and O–H groups in total. The average molecular weight is 759 g/mol. The Morgan fingerprint density at radius 3 is 0.672 bits per heavy atom. The lowest BCUT2D eigenvalue weighted by atomic mass is 10.1. The van der Waals surface area contributed by atoms with Crippen molar-refractivity contribution in [2.24, 2.45) is 0 Å². The molecule has 0 aliphatic rings. The van der Waals surface area contributed by atoms with Gasteiger partial charge in [-0.3, -0.25) is 0 Å². The van der Waals surface area contributed by atoms with Crippen molar-refractivity contribution >= 4 is 22.7 Å². The molecule has 6 aromatic rings. The van der Waals surface area contributed by atoms with Gasteiger partial charge < -0.3 is 0 Å². The van der Waals surface area contributed by atoms with Gasteiger partial charge in [-0.1, -0.05) is 94.7 Å². The summed E-state index contributed by atoms with van der Waals surface area (Å²) in [4.78, 5) is 3.14. The highest BCUT2D eigenvalue weighted by Gasteiger charge is 2.16. The molecule has 0 bridgehead atoms.